The molecule has 0 fully saturated rings. The molecule has 0 radical (unpaired) electrons. The van der Waals surface area contributed by atoms with Crippen LogP contribution in [0.2, 0.25) is 0 Å². The van der Waals surface area contributed by atoms with Crippen LogP contribution in [0.4, 0.5) is 5.69 Å². The number of nitrogens with zero attached hydrogens (tertiary/aromatic N) is 1. The second-order valence-electron chi connectivity index (χ2n) is 9.33. The maximum absolute atomic E-state index is 14.0. The van der Waals surface area contributed by atoms with Crippen LogP contribution in [0, 0.1) is 0 Å². The highest BCUT2D eigenvalue weighted by atomic mass is 16.5. The van der Waals surface area contributed by atoms with E-state index in [4.69, 9.17) is 18.9 Å². The molecule has 0 aromatic heterocycles. The summed E-state index contributed by atoms with van der Waals surface area (Å²) in [6.45, 7) is 0. The zero-order valence-electron chi connectivity index (χ0n) is 22.7. The summed E-state index contributed by atoms with van der Waals surface area (Å²) in [6, 6.07) is 26.8. The Bertz CT molecular complexity index is 1500. The van der Waals surface area contributed by atoms with Gasteiger partial charge in [0, 0.05) is 18.3 Å². The molecule has 2 amide bonds. The molecule has 1 aliphatic heterocycles. The Morgan fingerprint density at radius 3 is 1.98 bits per heavy atom. The summed E-state index contributed by atoms with van der Waals surface area (Å²) in [5.74, 6) is 1.66. The fourth-order valence-electron chi connectivity index (χ4n) is 5.00. The van der Waals surface area contributed by atoms with Gasteiger partial charge in [0.05, 0.1) is 33.3 Å². The van der Waals surface area contributed by atoms with Gasteiger partial charge in [-0.1, -0.05) is 30.3 Å². The topological polar surface area (TPSA) is 86.3 Å². The number of likely N-dealkylation sites (N-methyl/N-ethyl adjacent to an activating group) is 1. The molecule has 8 heteroatoms. The van der Waals surface area contributed by atoms with E-state index in [0.717, 1.165) is 11.3 Å². The molecule has 1 heterocycles. The Morgan fingerprint density at radius 1 is 0.750 bits per heavy atom. The summed E-state index contributed by atoms with van der Waals surface area (Å²) in [7, 11) is 6.33. The van der Waals surface area contributed by atoms with Crippen molar-refractivity contribution in [2.24, 2.45) is 0 Å². The van der Waals surface area contributed by atoms with Crippen molar-refractivity contribution >= 4 is 17.5 Å². The molecular weight excluding hydrogens is 508 g/mol. The van der Waals surface area contributed by atoms with Crippen molar-refractivity contribution in [3.05, 3.63) is 108 Å². The van der Waals surface area contributed by atoms with Gasteiger partial charge in [-0.2, -0.15) is 0 Å². The third-order valence-corrected chi connectivity index (χ3v) is 7.02. The van der Waals surface area contributed by atoms with Crippen LogP contribution < -0.4 is 24.3 Å². The second kappa shape index (κ2) is 11.4. The third-order valence-electron chi connectivity index (χ3n) is 7.02. The van der Waals surface area contributed by atoms with Gasteiger partial charge in [-0.05, 0) is 71.8 Å². The predicted octanol–water partition coefficient (Wildman–Crippen LogP) is 6.05. The molecule has 8 nitrogen and oxygen atoms in total. The minimum atomic E-state index is -0.744. The maximum Gasteiger partial charge on any atom is 0.254 e. The number of methoxy groups -OCH3 is 3. The number of carbonyl (C=O) groups is 2. The average molecular weight is 539 g/mol. The number of amides is 2. The van der Waals surface area contributed by atoms with Crippen LogP contribution in [0.3, 0.4) is 0 Å². The SMILES string of the molecule is COc1ccc([C@H]2[C@@H](C(=O)Nc3ccc(Oc4ccccc4)cc3)c3cc(OC)c(OC)cc3C(=O)N2C)cc1. The molecule has 0 bridgehead atoms. The first-order chi connectivity index (χ1) is 19.4. The fourth-order valence-corrected chi connectivity index (χ4v) is 5.00. The molecule has 1 N–H and O–H groups in total. The van der Waals surface area contributed by atoms with Crippen LogP contribution in [-0.2, 0) is 4.79 Å². The average Bonchev–Trinajstić information content (AvgIpc) is 2.99. The van der Waals surface area contributed by atoms with Gasteiger partial charge >= 0.3 is 0 Å². The standard InChI is InChI=1S/C32H30N2O6/c1-34-30(20-10-14-22(37-2)15-11-20)29(25-18-27(38-3)28(39-4)19-26(25)32(34)36)31(35)33-21-12-16-24(17-13-21)40-23-8-6-5-7-9-23/h5-19,29-30H,1-4H3,(H,33,35)/t29-,30-/m0/s1. The number of anilines is 1. The van der Waals surface area contributed by atoms with Crippen LogP contribution in [0.25, 0.3) is 0 Å². The Balaban J connectivity index is 1.51. The first kappa shape index (κ1) is 26.6. The Morgan fingerprint density at radius 2 is 1.35 bits per heavy atom. The van der Waals surface area contributed by atoms with Gasteiger partial charge in [0.1, 0.15) is 17.2 Å². The molecule has 0 unspecified atom stereocenters. The molecule has 1 aliphatic rings. The van der Waals surface area contributed by atoms with Crippen molar-refractivity contribution in [3.63, 3.8) is 0 Å². The zero-order chi connectivity index (χ0) is 28.2. The van der Waals surface area contributed by atoms with Crippen molar-refractivity contribution in [2.75, 3.05) is 33.7 Å². The lowest BCUT2D eigenvalue weighted by Gasteiger charge is -2.40. The molecule has 204 valence electrons. The minimum Gasteiger partial charge on any atom is -0.497 e. The summed E-state index contributed by atoms with van der Waals surface area (Å²) in [4.78, 5) is 29.2. The van der Waals surface area contributed by atoms with E-state index in [9.17, 15) is 9.59 Å². The van der Waals surface area contributed by atoms with Gasteiger partial charge in [-0.25, -0.2) is 0 Å². The van der Waals surface area contributed by atoms with Crippen molar-refractivity contribution in [3.8, 4) is 28.7 Å². The molecule has 4 aromatic carbocycles. The highest BCUT2D eigenvalue weighted by molar-refractivity contribution is 6.05. The normalized spacial score (nSPS) is 16.1. The number of benzene rings is 4. The Labute approximate surface area is 233 Å². The van der Waals surface area contributed by atoms with Gasteiger partial charge in [0.2, 0.25) is 5.91 Å². The smallest absolute Gasteiger partial charge is 0.254 e. The number of para-hydroxylation sites is 1. The molecule has 0 aliphatic carbocycles. The van der Waals surface area contributed by atoms with Gasteiger partial charge in [-0.15, -0.1) is 0 Å². The molecule has 2 atom stereocenters. The van der Waals surface area contributed by atoms with E-state index in [1.807, 2.05) is 54.6 Å². The van der Waals surface area contributed by atoms with Gasteiger partial charge in [0.15, 0.2) is 11.5 Å². The monoisotopic (exact) mass is 538 g/mol. The quantitative estimate of drug-likeness (QED) is 0.294. The molecule has 0 spiro atoms. The van der Waals surface area contributed by atoms with Crippen molar-refractivity contribution in [1.29, 1.82) is 0 Å². The highest BCUT2D eigenvalue weighted by Gasteiger charge is 2.43. The third kappa shape index (κ3) is 5.16. The first-order valence-corrected chi connectivity index (χ1v) is 12.7. The number of rotatable bonds is 8. The van der Waals surface area contributed by atoms with Crippen molar-refractivity contribution in [1.82, 2.24) is 4.90 Å². The number of ether oxygens (including phenoxy) is 4. The number of nitrogens with one attached hydrogen (secondary N) is 1. The zero-order valence-corrected chi connectivity index (χ0v) is 22.7. The summed E-state index contributed by atoms with van der Waals surface area (Å²) < 4.78 is 22.2. The van der Waals surface area contributed by atoms with Crippen LogP contribution in [0.1, 0.15) is 33.4 Å². The van der Waals surface area contributed by atoms with Gasteiger partial charge in [-0.3, -0.25) is 9.59 Å². The van der Waals surface area contributed by atoms with E-state index in [2.05, 4.69) is 5.32 Å². The second-order valence-corrected chi connectivity index (χ2v) is 9.33. The molecule has 0 saturated heterocycles. The fraction of sp³-hybridized carbons (Fsp3) is 0.188. The van der Waals surface area contributed by atoms with E-state index in [1.165, 1.54) is 14.2 Å². The van der Waals surface area contributed by atoms with E-state index in [-0.39, 0.29) is 11.8 Å². The summed E-state index contributed by atoms with van der Waals surface area (Å²) in [6.07, 6.45) is 0. The maximum atomic E-state index is 14.0. The highest BCUT2D eigenvalue weighted by Crippen LogP contribution is 2.46. The van der Waals surface area contributed by atoms with Crippen LogP contribution in [0.5, 0.6) is 28.7 Å². The minimum absolute atomic E-state index is 0.219. The van der Waals surface area contributed by atoms with Crippen LogP contribution in [-0.4, -0.2) is 45.1 Å². The van der Waals surface area contributed by atoms with Crippen molar-refractivity contribution in [2.45, 2.75) is 12.0 Å². The lowest BCUT2D eigenvalue weighted by atomic mass is 9.79. The molecule has 4 aromatic rings. The van der Waals surface area contributed by atoms with E-state index in [1.54, 1.807) is 55.5 Å². The number of hydrogen-bond donors (Lipinski definition) is 1. The van der Waals surface area contributed by atoms with E-state index in [0.29, 0.717) is 39.8 Å². The van der Waals surface area contributed by atoms with Crippen LogP contribution >= 0.6 is 0 Å². The van der Waals surface area contributed by atoms with Gasteiger partial charge < -0.3 is 29.2 Å². The largest absolute Gasteiger partial charge is 0.497 e. The Kier molecular flexibility index (Phi) is 7.59. The number of carbonyl (C=O) groups excluding carboxylic acids is 2. The summed E-state index contributed by atoms with van der Waals surface area (Å²) in [5, 5.41) is 3.04. The van der Waals surface area contributed by atoms with Crippen LogP contribution in [0.15, 0.2) is 91.0 Å². The van der Waals surface area contributed by atoms with Crippen molar-refractivity contribution < 1.29 is 28.5 Å². The van der Waals surface area contributed by atoms with E-state index >= 15 is 0 Å². The summed E-state index contributed by atoms with van der Waals surface area (Å²) in [5.41, 5.74) is 2.34. The number of fused-ring (bicyclic) bond motifs is 1. The molecule has 40 heavy (non-hydrogen) atoms. The lowest BCUT2D eigenvalue weighted by molar-refractivity contribution is -0.119. The number of hydrogen-bond acceptors (Lipinski definition) is 6. The Hall–Kier alpha value is -4.98. The van der Waals surface area contributed by atoms with Gasteiger partial charge in [0.25, 0.3) is 5.91 Å². The predicted molar refractivity (Wildman–Crippen MR) is 152 cm³/mol. The molecule has 0 saturated carbocycles. The van der Waals surface area contributed by atoms with E-state index < -0.39 is 12.0 Å². The lowest BCUT2D eigenvalue weighted by Crippen LogP contribution is -2.44. The molecule has 5 rings (SSSR count). The first-order valence-electron chi connectivity index (χ1n) is 12.7. The summed E-state index contributed by atoms with van der Waals surface area (Å²) >= 11 is 0. The molecular formula is C32H30N2O6.